The van der Waals surface area contributed by atoms with Crippen LogP contribution in [0.5, 0.6) is 5.75 Å². The predicted molar refractivity (Wildman–Crippen MR) is 119 cm³/mol. The fraction of sp³-hybridized carbons (Fsp3) is 0.0952. The molecule has 4 rings (SSSR count). The third-order valence-electron chi connectivity index (χ3n) is 4.77. The highest BCUT2D eigenvalue weighted by Gasteiger charge is 2.32. The molecule has 11 heteroatoms. The van der Waals surface area contributed by atoms with E-state index in [1.807, 2.05) is 0 Å². The number of pyridine rings is 1. The van der Waals surface area contributed by atoms with Crippen LogP contribution in [0, 0.1) is 12.7 Å². The zero-order chi connectivity index (χ0) is 23.0. The summed E-state index contributed by atoms with van der Waals surface area (Å²) in [5.74, 6) is -1.22. The number of amides is 1. The molecule has 0 saturated carbocycles. The van der Waals surface area contributed by atoms with Crippen LogP contribution in [0.3, 0.4) is 0 Å². The third-order valence-corrected chi connectivity index (χ3v) is 7.09. The Morgan fingerprint density at radius 1 is 1.00 bits per heavy atom. The van der Waals surface area contributed by atoms with Crippen LogP contribution >= 0.6 is 11.8 Å². The van der Waals surface area contributed by atoms with Crippen molar-refractivity contribution in [1.29, 1.82) is 0 Å². The van der Waals surface area contributed by atoms with Gasteiger partial charge in [0, 0.05) is 18.0 Å². The minimum Gasteiger partial charge on any atom is -0.503 e. The quantitative estimate of drug-likeness (QED) is 0.624. The van der Waals surface area contributed by atoms with E-state index in [2.05, 4.69) is 4.40 Å². The summed E-state index contributed by atoms with van der Waals surface area (Å²) in [5, 5.41) is 9.82. The fourth-order valence-electron chi connectivity index (χ4n) is 3.11. The molecule has 1 aromatic heterocycles. The predicted octanol–water partition coefficient (Wildman–Crippen LogP) is 2.82. The Hall–Kier alpha value is -3.44. The SMILES string of the molecule is Cc1c(O)c(=O)ccn1-c1ccc(S(=O)(=O)/N=C2/SCC(=O)N2c2ccc(F)cc2)cc1. The molecular formula is C21H16FN3O5S2. The molecule has 2 heterocycles. The van der Waals surface area contributed by atoms with Gasteiger partial charge in [0.25, 0.3) is 10.0 Å². The van der Waals surface area contributed by atoms with Gasteiger partial charge in [0.2, 0.25) is 11.3 Å². The standard InChI is InChI=1S/C21H16FN3O5S2/c1-13-20(28)18(26)10-11-24(13)15-6-8-17(9-7-15)32(29,30)23-21-25(19(27)12-31-21)16-4-2-14(22)3-5-16/h2-11,28H,12H2,1H3/b23-21+. The minimum absolute atomic E-state index is 0.0137. The van der Waals surface area contributed by atoms with Crippen LogP contribution in [0.2, 0.25) is 0 Å². The average Bonchev–Trinajstić information content (AvgIpc) is 3.12. The maximum atomic E-state index is 13.2. The first-order valence-corrected chi connectivity index (χ1v) is 11.7. The first kappa shape index (κ1) is 21.8. The lowest BCUT2D eigenvalue weighted by atomic mass is 10.2. The number of carbonyl (C=O) groups is 1. The minimum atomic E-state index is -4.15. The van der Waals surface area contributed by atoms with Crippen molar-refractivity contribution in [3.63, 3.8) is 0 Å². The summed E-state index contributed by atoms with van der Waals surface area (Å²) in [5.41, 5.74) is 0.647. The van der Waals surface area contributed by atoms with Crippen LogP contribution in [-0.2, 0) is 14.8 Å². The first-order valence-electron chi connectivity index (χ1n) is 9.25. The van der Waals surface area contributed by atoms with Crippen molar-refractivity contribution < 1.29 is 22.7 Å². The van der Waals surface area contributed by atoms with E-state index in [0.29, 0.717) is 17.1 Å². The van der Waals surface area contributed by atoms with Gasteiger partial charge in [-0.1, -0.05) is 11.8 Å². The lowest BCUT2D eigenvalue weighted by molar-refractivity contribution is -0.115. The van der Waals surface area contributed by atoms with E-state index in [4.69, 9.17) is 0 Å². The number of hydrogen-bond donors (Lipinski definition) is 1. The topological polar surface area (TPSA) is 109 Å². The number of aromatic hydroxyl groups is 1. The number of hydrogen-bond acceptors (Lipinski definition) is 6. The molecule has 0 aliphatic carbocycles. The maximum Gasteiger partial charge on any atom is 0.284 e. The van der Waals surface area contributed by atoms with Crippen molar-refractivity contribution in [2.24, 2.45) is 4.40 Å². The molecule has 32 heavy (non-hydrogen) atoms. The summed E-state index contributed by atoms with van der Waals surface area (Å²) in [7, 11) is -4.15. The van der Waals surface area contributed by atoms with Crippen LogP contribution in [0.15, 0.2) is 74.9 Å². The van der Waals surface area contributed by atoms with E-state index in [1.165, 1.54) is 60.8 Å². The van der Waals surface area contributed by atoms with E-state index in [1.54, 1.807) is 11.5 Å². The van der Waals surface area contributed by atoms with Gasteiger partial charge in [0.15, 0.2) is 10.9 Å². The second-order valence-corrected chi connectivity index (χ2v) is 9.37. The second-order valence-electron chi connectivity index (χ2n) is 6.82. The van der Waals surface area contributed by atoms with E-state index in [9.17, 15) is 27.5 Å². The number of amidine groups is 1. The number of aromatic nitrogens is 1. The first-order chi connectivity index (χ1) is 15.2. The molecule has 1 aliphatic rings. The molecule has 0 bridgehead atoms. The summed E-state index contributed by atoms with van der Waals surface area (Å²) in [6.45, 7) is 1.56. The maximum absolute atomic E-state index is 13.2. The molecule has 2 aromatic carbocycles. The number of anilines is 1. The van der Waals surface area contributed by atoms with E-state index in [-0.39, 0.29) is 27.5 Å². The molecule has 0 atom stereocenters. The highest BCUT2D eigenvalue weighted by Crippen LogP contribution is 2.29. The van der Waals surface area contributed by atoms with Gasteiger partial charge >= 0.3 is 0 Å². The molecule has 0 radical (unpaired) electrons. The van der Waals surface area contributed by atoms with E-state index < -0.39 is 21.3 Å². The van der Waals surface area contributed by atoms with Crippen molar-refractivity contribution in [2.75, 3.05) is 10.7 Å². The fourth-order valence-corrected chi connectivity index (χ4v) is 5.21. The van der Waals surface area contributed by atoms with Crippen LogP contribution in [0.25, 0.3) is 5.69 Å². The number of halogens is 1. The van der Waals surface area contributed by atoms with Crippen molar-refractivity contribution in [2.45, 2.75) is 11.8 Å². The average molecular weight is 474 g/mol. The molecule has 1 fully saturated rings. The number of carbonyl (C=O) groups excluding carboxylic acids is 1. The lowest BCUT2D eigenvalue weighted by Crippen LogP contribution is -2.29. The van der Waals surface area contributed by atoms with Gasteiger partial charge in [0.1, 0.15) is 5.82 Å². The summed E-state index contributed by atoms with van der Waals surface area (Å²) in [6.07, 6.45) is 1.47. The van der Waals surface area contributed by atoms with Crippen LogP contribution < -0.4 is 10.3 Å². The molecule has 0 spiro atoms. The monoisotopic (exact) mass is 473 g/mol. The molecule has 8 nitrogen and oxygen atoms in total. The van der Waals surface area contributed by atoms with Crippen LogP contribution in [0.4, 0.5) is 10.1 Å². The summed E-state index contributed by atoms with van der Waals surface area (Å²) in [4.78, 5) is 24.8. The molecule has 3 aromatic rings. The van der Waals surface area contributed by atoms with E-state index in [0.717, 1.165) is 16.7 Å². The zero-order valence-corrected chi connectivity index (χ0v) is 18.2. The van der Waals surface area contributed by atoms with Gasteiger partial charge in [0.05, 0.1) is 22.0 Å². The highest BCUT2D eigenvalue weighted by atomic mass is 32.2. The third kappa shape index (κ3) is 4.04. The molecule has 1 saturated heterocycles. The summed E-state index contributed by atoms with van der Waals surface area (Å²) < 4.78 is 44.3. The van der Waals surface area contributed by atoms with Gasteiger partial charge < -0.3 is 9.67 Å². The van der Waals surface area contributed by atoms with Gasteiger partial charge in [-0.2, -0.15) is 8.42 Å². The van der Waals surface area contributed by atoms with Crippen LogP contribution in [-0.4, -0.2) is 34.9 Å². The van der Waals surface area contributed by atoms with Gasteiger partial charge in [-0.25, -0.2) is 4.39 Å². The Balaban J connectivity index is 1.67. The lowest BCUT2D eigenvalue weighted by Gasteiger charge is -2.16. The molecular weight excluding hydrogens is 457 g/mol. The van der Waals surface area contributed by atoms with Crippen molar-refractivity contribution in [1.82, 2.24) is 4.57 Å². The summed E-state index contributed by atoms with van der Waals surface area (Å²) in [6, 6.07) is 12.0. The largest absolute Gasteiger partial charge is 0.503 e. The smallest absolute Gasteiger partial charge is 0.284 e. The Labute approximate surface area is 186 Å². The van der Waals surface area contributed by atoms with Crippen molar-refractivity contribution in [3.8, 4) is 11.4 Å². The number of thioether (sulfide) groups is 1. The zero-order valence-electron chi connectivity index (χ0n) is 16.6. The Morgan fingerprint density at radius 3 is 2.28 bits per heavy atom. The van der Waals surface area contributed by atoms with E-state index >= 15 is 0 Å². The van der Waals surface area contributed by atoms with Gasteiger partial charge in [-0.05, 0) is 55.5 Å². The normalized spacial score (nSPS) is 15.5. The number of rotatable bonds is 4. The van der Waals surface area contributed by atoms with Crippen molar-refractivity contribution in [3.05, 3.63) is 82.5 Å². The Bertz CT molecular complexity index is 1400. The molecule has 164 valence electrons. The Kier molecular flexibility index (Phi) is 5.61. The highest BCUT2D eigenvalue weighted by molar-refractivity contribution is 8.16. The summed E-state index contributed by atoms with van der Waals surface area (Å²) >= 11 is 0.976. The molecule has 1 aliphatic heterocycles. The Morgan fingerprint density at radius 2 is 1.62 bits per heavy atom. The number of nitrogens with zero attached hydrogens (tertiary/aromatic N) is 3. The second kappa shape index (κ2) is 8.24. The number of sulfonamides is 1. The van der Waals surface area contributed by atoms with Gasteiger partial charge in [-0.3, -0.25) is 14.5 Å². The molecule has 1 amide bonds. The van der Waals surface area contributed by atoms with Crippen molar-refractivity contribution >= 4 is 38.5 Å². The van der Waals surface area contributed by atoms with Gasteiger partial charge in [-0.15, -0.1) is 4.40 Å². The molecule has 0 unspecified atom stereocenters. The molecule has 1 N–H and O–H groups in total. The number of benzene rings is 2. The van der Waals surface area contributed by atoms with Crippen LogP contribution in [0.1, 0.15) is 5.69 Å².